The second-order valence-corrected chi connectivity index (χ2v) is 1.96. The number of hydrogen-bond donors (Lipinski definition) is 0. The molecule has 0 N–H and O–H groups in total. The number of hydrogen-bond acceptors (Lipinski definition) is 1. The van der Waals surface area contributed by atoms with Crippen LogP contribution in [0.4, 0.5) is 0 Å². The summed E-state index contributed by atoms with van der Waals surface area (Å²) in [5.74, 6) is 2.92. The third-order valence-corrected chi connectivity index (χ3v) is 1.30. The number of hydrazone groups is 1. The first-order chi connectivity index (χ1) is 4.97. The molecule has 46 valence electrons. The van der Waals surface area contributed by atoms with Gasteiger partial charge in [-0.05, 0) is 6.08 Å². The first-order valence-corrected chi connectivity index (χ1v) is 3.00. The molecule has 0 amide bonds. The van der Waals surface area contributed by atoms with Crippen LogP contribution in [0.25, 0.3) is 4.85 Å². The van der Waals surface area contributed by atoms with E-state index in [0.717, 1.165) is 0 Å². The molecule has 0 aromatic carbocycles. The number of fused-ring (bicyclic) bond motifs is 1. The zero-order valence-corrected chi connectivity index (χ0v) is 5.23. The van der Waals surface area contributed by atoms with Crippen molar-refractivity contribution in [2.45, 2.75) is 6.04 Å². The van der Waals surface area contributed by atoms with E-state index in [-0.39, 0.29) is 6.04 Å². The minimum atomic E-state index is 0.0509. The highest BCUT2D eigenvalue weighted by Gasteiger charge is 2.27. The molecular weight excluding hydrogens is 126 g/mol. The molecule has 1 unspecified atom stereocenters. The van der Waals surface area contributed by atoms with Gasteiger partial charge in [-0.2, -0.15) is 0 Å². The first kappa shape index (κ1) is 5.16. The van der Waals surface area contributed by atoms with Crippen LogP contribution in [0, 0.1) is 6.07 Å². The van der Waals surface area contributed by atoms with E-state index in [4.69, 9.17) is 0 Å². The Morgan fingerprint density at radius 1 is 1.60 bits per heavy atom. The van der Waals surface area contributed by atoms with E-state index in [1.54, 1.807) is 10.8 Å². The summed E-state index contributed by atoms with van der Waals surface area (Å²) in [4.78, 5) is 3.77. The SMILES string of the molecule is C1=CC=CC2C#[N+]C=N[N+]=12. The van der Waals surface area contributed by atoms with Crippen LogP contribution in [0.2, 0.25) is 0 Å². The standard InChI is InChI=1S/C7H5N3/c1-2-4-10-7(3-1)5-8-6-9-10/h1-3,6-7H/q+2. The van der Waals surface area contributed by atoms with Crippen LogP contribution in [-0.2, 0) is 0 Å². The first-order valence-electron chi connectivity index (χ1n) is 3.00. The van der Waals surface area contributed by atoms with Gasteiger partial charge < -0.3 is 0 Å². The van der Waals surface area contributed by atoms with E-state index in [0.29, 0.717) is 0 Å². The molecule has 2 aliphatic heterocycles. The summed E-state index contributed by atoms with van der Waals surface area (Å²) in [7, 11) is 0. The molecule has 1 atom stereocenters. The van der Waals surface area contributed by atoms with Gasteiger partial charge in [-0.25, -0.2) is 0 Å². The van der Waals surface area contributed by atoms with Gasteiger partial charge in [0.15, 0.2) is 0 Å². The highest BCUT2D eigenvalue weighted by atomic mass is 15.4. The molecule has 0 bridgehead atoms. The van der Waals surface area contributed by atoms with E-state index in [9.17, 15) is 0 Å². The maximum Gasteiger partial charge on any atom is 0.461 e. The lowest BCUT2D eigenvalue weighted by Crippen LogP contribution is -2.20. The van der Waals surface area contributed by atoms with Crippen LogP contribution in [-0.4, -0.2) is 22.9 Å². The normalized spacial score (nSPS) is 24.8. The summed E-state index contributed by atoms with van der Waals surface area (Å²) in [5, 5.41) is 3.94. The van der Waals surface area contributed by atoms with Gasteiger partial charge >= 0.3 is 12.4 Å². The molecule has 0 aromatic heterocycles. The highest BCUT2D eigenvalue weighted by molar-refractivity contribution is 5.68. The van der Waals surface area contributed by atoms with Crippen molar-refractivity contribution >= 4 is 12.2 Å². The Morgan fingerprint density at radius 3 is 3.50 bits per heavy atom. The van der Waals surface area contributed by atoms with Gasteiger partial charge in [0.05, 0.1) is 10.8 Å². The van der Waals surface area contributed by atoms with E-state index < -0.39 is 0 Å². The predicted octanol–water partition coefficient (Wildman–Crippen LogP) is 0.453. The fraction of sp³-hybridized carbons (Fsp3) is 0.143. The minimum Gasteiger partial charge on any atom is -0.148 e. The number of rotatable bonds is 0. The van der Waals surface area contributed by atoms with Crippen molar-refractivity contribution in [2.24, 2.45) is 5.10 Å². The molecule has 0 aromatic rings. The van der Waals surface area contributed by atoms with Crippen LogP contribution in [0.1, 0.15) is 0 Å². The van der Waals surface area contributed by atoms with Crippen molar-refractivity contribution in [3.8, 4) is 6.07 Å². The van der Waals surface area contributed by atoms with Crippen LogP contribution in [0.15, 0.2) is 23.3 Å². The molecule has 3 heteroatoms. The second kappa shape index (κ2) is 1.94. The van der Waals surface area contributed by atoms with E-state index in [1.807, 2.05) is 12.2 Å². The molecule has 2 aliphatic rings. The van der Waals surface area contributed by atoms with Crippen LogP contribution in [0.5, 0.6) is 0 Å². The molecule has 0 fully saturated rings. The molecular formula is C7H5N3+2. The van der Waals surface area contributed by atoms with Gasteiger partial charge in [0.1, 0.15) is 0 Å². The average molecular weight is 131 g/mol. The molecule has 0 radical (unpaired) electrons. The van der Waals surface area contributed by atoms with Crippen molar-refractivity contribution in [3.63, 3.8) is 0 Å². The van der Waals surface area contributed by atoms with Gasteiger partial charge in [0.25, 0.3) is 0 Å². The monoisotopic (exact) mass is 131 g/mol. The maximum atomic E-state index is 3.94. The van der Waals surface area contributed by atoms with Crippen molar-refractivity contribution in [3.05, 3.63) is 23.1 Å². The van der Waals surface area contributed by atoms with Gasteiger partial charge in [0.2, 0.25) is 17.0 Å². The van der Waals surface area contributed by atoms with E-state index in [2.05, 4.69) is 21.9 Å². The molecule has 10 heavy (non-hydrogen) atoms. The quantitative estimate of drug-likeness (QED) is 0.425. The van der Waals surface area contributed by atoms with Crippen molar-refractivity contribution in [1.82, 2.24) is 0 Å². The molecule has 3 nitrogen and oxygen atoms in total. The summed E-state index contributed by atoms with van der Waals surface area (Å²) in [6.45, 7) is 0. The molecule has 0 saturated carbocycles. The van der Waals surface area contributed by atoms with Gasteiger partial charge in [-0.15, -0.1) is 4.85 Å². The van der Waals surface area contributed by atoms with Crippen LogP contribution in [0.3, 0.4) is 0 Å². The lowest BCUT2D eigenvalue weighted by atomic mass is 10.2. The second-order valence-electron chi connectivity index (χ2n) is 1.96. The molecule has 0 spiro atoms. The Kier molecular flexibility index (Phi) is 1.00. The number of nitrogens with zero attached hydrogens (tertiary/aromatic N) is 3. The van der Waals surface area contributed by atoms with Crippen molar-refractivity contribution in [2.75, 3.05) is 0 Å². The van der Waals surface area contributed by atoms with Gasteiger partial charge in [-0.1, -0.05) is 0 Å². The van der Waals surface area contributed by atoms with Gasteiger partial charge in [-0.3, -0.25) is 0 Å². The lowest BCUT2D eigenvalue weighted by Gasteiger charge is -1.89. The molecule has 2 heterocycles. The third-order valence-electron chi connectivity index (χ3n) is 1.30. The molecule has 0 saturated heterocycles. The van der Waals surface area contributed by atoms with E-state index in [1.165, 1.54) is 6.34 Å². The maximum absolute atomic E-state index is 3.94. The Balaban J connectivity index is 2.54. The Hall–Kier alpha value is -1.65. The highest BCUT2D eigenvalue weighted by Crippen LogP contribution is 1.99. The summed E-state index contributed by atoms with van der Waals surface area (Å²) in [6, 6.07) is 2.90. The Labute approximate surface area is 58.1 Å². The van der Waals surface area contributed by atoms with Crippen molar-refractivity contribution in [1.29, 1.82) is 0 Å². The minimum absolute atomic E-state index is 0.0509. The summed E-state index contributed by atoms with van der Waals surface area (Å²) < 4.78 is 1.67. The summed E-state index contributed by atoms with van der Waals surface area (Å²) in [5.41, 5.74) is 0. The third kappa shape index (κ3) is 0.680. The van der Waals surface area contributed by atoms with Crippen LogP contribution < -0.4 is 0 Å². The average Bonchev–Trinajstić information content (AvgIpc) is 2.05. The van der Waals surface area contributed by atoms with E-state index >= 15 is 0 Å². The van der Waals surface area contributed by atoms with Gasteiger partial charge in [0, 0.05) is 6.08 Å². The summed E-state index contributed by atoms with van der Waals surface area (Å²) >= 11 is 0. The predicted molar refractivity (Wildman–Crippen MR) is 38.5 cm³/mol. The Morgan fingerprint density at radius 2 is 2.60 bits per heavy atom. The zero-order chi connectivity index (χ0) is 6.81. The topological polar surface area (TPSA) is 19.7 Å². The largest absolute Gasteiger partial charge is 0.461 e. The zero-order valence-electron chi connectivity index (χ0n) is 5.23. The fourth-order valence-electron chi connectivity index (χ4n) is 0.836. The molecule has 0 aliphatic carbocycles. The summed E-state index contributed by atoms with van der Waals surface area (Å²) in [6.07, 6.45) is 7.12. The van der Waals surface area contributed by atoms with Crippen LogP contribution >= 0.6 is 0 Å². The molecule has 2 rings (SSSR count). The Bertz CT molecular complexity index is 332. The smallest absolute Gasteiger partial charge is 0.148 e. The fourth-order valence-corrected chi connectivity index (χ4v) is 0.836. The lowest BCUT2D eigenvalue weighted by molar-refractivity contribution is -0.540. The van der Waals surface area contributed by atoms with Crippen molar-refractivity contribution < 1.29 is 4.68 Å². The number of allylic oxidation sites excluding steroid dienone is 2.